The number of hydrogen-bond donors (Lipinski definition) is 1. The Morgan fingerprint density at radius 3 is 2.50 bits per heavy atom. The Morgan fingerprint density at radius 2 is 1.75 bits per heavy atom. The van der Waals surface area contributed by atoms with Crippen LogP contribution < -0.4 is 5.32 Å². The first-order valence-electron chi connectivity index (χ1n) is 8.50. The van der Waals surface area contributed by atoms with Crippen LogP contribution in [0, 0.1) is 0 Å². The molecule has 1 aromatic heterocycles. The summed E-state index contributed by atoms with van der Waals surface area (Å²) in [5.74, 6) is -0.311. The van der Waals surface area contributed by atoms with Gasteiger partial charge in [0.2, 0.25) is 0 Å². The van der Waals surface area contributed by atoms with Crippen LogP contribution in [0.1, 0.15) is 10.4 Å². The second-order valence-electron chi connectivity index (χ2n) is 6.08. The summed E-state index contributed by atoms with van der Waals surface area (Å²) in [4.78, 5) is 28.0. The van der Waals surface area contributed by atoms with Crippen molar-refractivity contribution in [1.29, 1.82) is 0 Å². The lowest BCUT2D eigenvalue weighted by atomic mass is 10.2. The normalized spacial score (nSPS) is 15.3. The zero-order valence-electron chi connectivity index (χ0n) is 14.6. The highest BCUT2D eigenvalue weighted by molar-refractivity contribution is 8.01. The molecule has 3 aromatic rings. The summed E-state index contributed by atoms with van der Waals surface area (Å²) in [5, 5.41) is 3.38. The standard InChI is InChI=1S/C21H15ClN2O2S2/c22-15-6-8-16(9-7-15)27-19-11-10-17(28-19)12-18-20(25)24(21(26)23-18)13-14-4-2-1-3-5-14/h1-12H,13H2,(H,23,26)/b18-12+. The van der Waals surface area contributed by atoms with Gasteiger partial charge in [-0.2, -0.15) is 0 Å². The lowest BCUT2D eigenvalue weighted by Gasteiger charge is -2.11. The van der Waals surface area contributed by atoms with E-state index in [1.807, 2.05) is 66.7 Å². The summed E-state index contributed by atoms with van der Waals surface area (Å²) in [7, 11) is 0. The van der Waals surface area contributed by atoms with Gasteiger partial charge in [0.15, 0.2) is 0 Å². The van der Waals surface area contributed by atoms with Crippen molar-refractivity contribution in [3.63, 3.8) is 0 Å². The molecule has 0 unspecified atom stereocenters. The number of carbonyl (C=O) groups excluding carboxylic acids is 2. The molecule has 1 saturated heterocycles. The summed E-state index contributed by atoms with van der Waals surface area (Å²) in [5.41, 5.74) is 1.20. The molecule has 2 aromatic carbocycles. The predicted octanol–water partition coefficient (Wildman–Crippen LogP) is 5.65. The number of carbonyl (C=O) groups is 2. The van der Waals surface area contributed by atoms with Gasteiger partial charge in [-0.3, -0.25) is 9.69 Å². The number of halogens is 1. The van der Waals surface area contributed by atoms with Gasteiger partial charge in [0.05, 0.1) is 10.8 Å². The Bertz CT molecular complexity index is 1050. The molecular formula is C21H15ClN2O2S2. The Morgan fingerprint density at radius 1 is 1.00 bits per heavy atom. The molecule has 28 heavy (non-hydrogen) atoms. The topological polar surface area (TPSA) is 49.4 Å². The fourth-order valence-electron chi connectivity index (χ4n) is 2.71. The number of nitrogens with one attached hydrogen (secondary N) is 1. The van der Waals surface area contributed by atoms with Gasteiger partial charge in [-0.1, -0.05) is 53.7 Å². The number of rotatable bonds is 5. The summed E-state index contributed by atoms with van der Waals surface area (Å²) in [6, 6.07) is 20.6. The third-order valence-corrected chi connectivity index (χ3v) is 6.49. The highest BCUT2D eigenvalue weighted by Crippen LogP contribution is 2.34. The fraction of sp³-hybridized carbons (Fsp3) is 0.0476. The van der Waals surface area contributed by atoms with Crippen molar-refractivity contribution < 1.29 is 9.59 Å². The van der Waals surface area contributed by atoms with Crippen LogP contribution in [-0.4, -0.2) is 16.8 Å². The molecule has 0 radical (unpaired) electrons. The Kier molecular flexibility index (Phi) is 5.52. The molecular weight excluding hydrogens is 412 g/mol. The van der Waals surface area contributed by atoms with E-state index >= 15 is 0 Å². The van der Waals surface area contributed by atoms with Crippen molar-refractivity contribution in [2.75, 3.05) is 0 Å². The lowest BCUT2D eigenvalue weighted by molar-refractivity contribution is -0.123. The van der Waals surface area contributed by atoms with Crippen LogP contribution in [0.3, 0.4) is 0 Å². The maximum atomic E-state index is 12.6. The molecule has 7 heteroatoms. The molecule has 1 aliphatic rings. The van der Waals surface area contributed by atoms with Gasteiger partial charge in [0.1, 0.15) is 5.70 Å². The molecule has 0 atom stereocenters. The first-order valence-corrected chi connectivity index (χ1v) is 10.5. The minimum absolute atomic E-state index is 0.255. The van der Waals surface area contributed by atoms with E-state index in [1.54, 1.807) is 29.2 Å². The first-order chi connectivity index (χ1) is 13.6. The van der Waals surface area contributed by atoms with E-state index in [2.05, 4.69) is 5.32 Å². The maximum Gasteiger partial charge on any atom is 0.329 e. The van der Waals surface area contributed by atoms with Crippen LogP contribution in [0.15, 0.2) is 81.5 Å². The molecule has 0 aliphatic carbocycles. The molecule has 0 bridgehead atoms. The quantitative estimate of drug-likeness (QED) is 0.424. The molecule has 140 valence electrons. The highest BCUT2D eigenvalue weighted by Gasteiger charge is 2.33. The van der Waals surface area contributed by atoms with E-state index in [0.717, 1.165) is 19.5 Å². The van der Waals surface area contributed by atoms with Crippen LogP contribution in [0.5, 0.6) is 0 Å². The summed E-state index contributed by atoms with van der Waals surface area (Å²) < 4.78 is 1.09. The van der Waals surface area contributed by atoms with Gasteiger partial charge in [-0.25, -0.2) is 4.79 Å². The van der Waals surface area contributed by atoms with E-state index in [9.17, 15) is 9.59 Å². The zero-order valence-corrected chi connectivity index (χ0v) is 17.0. The Balaban J connectivity index is 1.47. The van der Waals surface area contributed by atoms with Crippen molar-refractivity contribution in [2.45, 2.75) is 15.6 Å². The smallest absolute Gasteiger partial charge is 0.303 e. The maximum absolute atomic E-state index is 12.6. The largest absolute Gasteiger partial charge is 0.329 e. The monoisotopic (exact) mass is 426 g/mol. The number of urea groups is 1. The summed E-state index contributed by atoms with van der Waals surface area (Å²) >= 11 is 9.10. The average molecular weight is 427 g/mol. The van der Waals surface area contributed by atoms with Gasteiger partial charge in [0, 0.05) is 14.8 Å². The van der Waals surface area contributed by atoms with Crippen LogP contribution in [-0.2, 0) is 11.3 Å². The summed E-state index contributed by atoms with van der Waals surface area (Å²) in [6.45, 7) is 0.255. The van der Waals surface area contributed by atoms with Gasteiger partial charge in [-0.05, 0) is 48.0 Å². The van der Waals surface area contributed by atoms with Crippen LogP contribution in [0.4, 0.5) is 4.79 Å². The van der Waals surface area contributed by atoms with Crippen molar-refractivity contribution in [2.24, 2.45) is 0 Å². The third-order valence-electron chi connectivity index (χ3n) is 4.07. The molecule has 0 saturated carbocycles. The second kappa shape index (κ2) is 8.22. The van der Waals surface area contributed by atoms with Gasteiger partial charge < -0.3 is 5.32 Å². The van der Waals surface area contributed by atoms with Crippen molar-refractivity contribution >= 4 is 52.7 Å². The van der Waals surface area contributed by atoms with E-state index in [4.69, 9.17) is 11.6 Å². The van der Waals surface area contributed by atoms with E-state index in [1.165, 1.54) is 4.90 Å². The first kappa shape index (κ1) is 18.8. The molecule has 4 nitrogen and oxygen atoms in total. The number of thiophene rings is 1. The van der Waals surface area contributed by atoms with E-state index in [0.29, 0.717) is 10.7 Å². The molecule has 1 N–H and O–H groups in total. The minimum atomic E-state index is -0.396. The van der Waals surface area contributed by atoms with Gasteiger partial charge in [0.25, 0.3) is 5.91 Å². The predicted molar refractivity (Wildman–Crippen MR) is 113 cm³/mol. The number of benzene rings is 2. The van der Waals surface area contributed by atoms with Crippen molar-refractivity contribution in [1.82, 2.24) is 10.2 Å². The van der Waals surface area contributed by atoms with E-state index in [-0.39, 0.29) is 12.5 Å². The fourth-order valence-corrected chi connectivity index (χ4v) is 4.90. The van der Waals surface area contributed by atoms with Crippen molar-refractivity contribution in [3.05, 3.63) is 87.9 Å². The second-order valence-corrected chi connectivity index (χ2v) is 9.00. The highest BCUT2D eigenvalue weighted by atomic mass is 35.5. The Hall–Kier alpha value is -2.54. The number of hydrogen-bond acceptors (Lipinski definition) is 4. The van der Waals surface area contributed by atoms with Crippen LogP contribution in [0.2, 0.25) is 5.02 Å². The number of imide groups is 1. The average Bonchev–Trinajstić information content (AvgIpc) is 3.24. The number of nitrogens with zero attached hydrogens (tertiary/aromatic N) is 1. The molecule has 1 fully saturated rings. The summed E-state index contributed by atoms with van der Waals surface area (Å²) in [6.07, 6.45) is 1.72. The Labute approximate surface area is 175 Å². The van der Waals surface area contributed by atoms with Gasteiger partial charge >= 0.3 is 6.03 Å². The molecule has 4 rings (SSSR count). The zero-order chi connectivity index (χ0) is 19.5. The lowest BCUT2D eigenvalue weighted by Crippen LogP contribution is -2.30. The molecule has 0 spiro atoms. The van der Waals surface area contributed by atoms with Crippen molar-refractivity contribution in [3.8, 4) is 0 Å². The van der Waals surface area contributed by atoms with E-state index < -0.39 is 6.03 Å². The number of amides is 3. The molecule has 2 heterocycles. The molecule has 1 aliphatic heterocycles. The third kappa shape index (κ3) is 4.30. The minimum Gasteiger partial charge on any atom is -0.303 e. The SMILES string of the molecule is O=C1N/C(=C/c2ccc(Sc3ccc(Cl)cc3)s2)C(=O)N1Cc1ccccc1. The van der Waals surface area contributed by atoms with Gasteiger partial charge in [-0.15, -0.1) is 11.3 Å². The molecule has 3 amide bonds. The van der Waals surface area contributed by atoms with Crippen LogP contribution >= 0.6 is 34.7 Å². The van der Waals surface area contributed by atoms with Crippen LogP contribution in [0.25, 0.3) is 6.08 Å².